The standard InChI is InChI=1S/C4H4N6O/c5-2-8-3-6-1-7-4(11)10(3)9-2/h1H,(H3,5,6,7,8,9,11). The van der Waals surface area contributed by atoms with E-state index in [9.17, 15) is 4.79 Å². The molecule has 0 amide bonds. The Bertz CT molecular complexity index is 441. The molecule has 0 bridgehead atoms. The molecule has 2 rings (SSSR count). The number of rotatable bonds is 0. The highest BCUT2D eigenvalue weighted by Crippen LogP contribution is 1.91. The van der Waals surface area contributed by atoms with E-state index in [1.54, 1.807) is 0 Å². The van der Waals surface area contributed by atoms with E-state index in [1.807, 2.05) is 0 Å². The van der Waals surface area contributed by atoms with Crippen LogP contribution in [0.15, 0.2) is 11.1 Å². The SMILES string of the molecule is Nc1nc2nc[nH]c(=O)n2n1. The van der Waals surface area contributed by atoms with Crippen LogP contribution >= 0.6 is 0 Å². The van der Waals surface area contributed by atoms with Gasteiger partial charge in [-0.25, -0.2) is 9.78 Å². The van der Waals surface area contributed by atoms with Gasteiger partial charge in [0.05, 0.1) is 0 Å². The van der Waals surface area contributed by atoms with Gasteiger partial charge in [-0.05, 0) is 0 Å². The molecule has 0 aliphatic rings. The summed E-state index contributed by atoms with van der Waals surface area (Å²) in [5, 5.41) is 3.59. The van der Waals surface area contributed by atoms with Gasteiger partial charge in [0, 0.05) is 0 Å². The molecule has 56 valence electrons. The van der Waals surface area contributed by atoms with Crippen LogP contribution in [0.2, 0.25) is 0 Å². The zero-order valence-corrected chi connectivity index (χ0v) is 5.35. The molecule has 0 aromatic carbocycles. The Labute approximate surface area is 59.9 Å². The Balaban J connectivity index is 3.02. The predicted molar refractivity (Wildman–Crippen MR) is 35.8 cm³/mol. The smallest absolute Gasteiger partial charge is 0.350 e. The lowest BCUT2D eigenvalue weighted by Gasteiger charge is -1.83. The van der Waals surface area contributed by atoms with Crippen LogP contribution in [0.3, 0.4) is 0 Å². The molecule has 3 N–H and O–H groups in total. The molecule has 11 heavy (non-hydrogen) atoms. The number of nitrogens with two attached hydrogens (primary N) is 1. The van der Waals surface area contributed by atoms with Gasteiger partial charge in [-0.3, -0.25) is 4.98 Å². The molecule has 0 saturated carbocycles. The molecular weight excluding hydrogens is 148 g/mol. The lowest BCUT2D eigenvalue weighted by atomic mass is 11.0. The fourth-order valence-corrected chi connectivity index (χ4v) is 0.746. The number of nitrogen functional groups attached to an aromatic ring is 1. The third-order valence-corrected chi connectivity index (χ3v) is 1.17. The van der Waals surface area contributed by atoms with Crippen molar-refractivity contribution >= 4 is 11.7 Å². The van der Waals surface area contributed by atoms with Crippen molar-refractivity contribution in [1.29, 1.82) is 0 Å². The largest absolute Gasteiger partial charge is 0.366 e. The van der Waals surface area contributed by atoms with Crippen LogP contribution in [0.5, 0.6) is 0 Å². The number of aromatic nitrogens is 5. The first-order valence-corrected chi connectivity index (χ1v) is 2.83. The molecule has 0 fully saturated rings. The van der Waals surface area contributed by atoms with Crippen molar-refractivity contribution in [3.05, 3.63) is 16.8 Å². The summed E-state index contributed by atoms with van der Waals surface area (Å²) in [6.45, 7) is 0. The Morgan fingerprint density at radius 1 is 1.64 bits per heavy atom. The van der Waals surface area contributed by atoms with Crippen molar-refractivity contribution < 1.29 is 0 Å². The van der Waals surface area contributed by atoms with Crippen LogP contribution in [0, 0.1) is 0 Å². The number of nitrogens with zero attached hydrogens (tertiary/aromatic N) is 4. The summed E-state index contributed by atoms with van der Waals surface area (Å²) < 4.78 is 0.995. The Hall–Kier alpha value is -1.92. The quantitative estimate of drug-likeness (QED) is 0.473. The van der Waals surface area contributed by atoms with Crippen molar-refractivity contribution in [2.24, 2.45) is 0 Å². The minimum atomic E-state index is -0.404. The highest BCUT2D eigenvalue weighted by Gasteiger charge is 2.01. The predicted octanol–water partition coefficient (Wildman–Crippen LogP) is -1.61. The first-order valence-electron chi connectivity index (χ1n) is 2.83. The molecule has 0 aliphatic carbocycles. The number of nitrogens with one attached hydrogen (secondary N) is 1. The molecule has 0 atom stereocenters. The van der Waals surface area contributed by atoms with Gasteiger partial charge in [-0.2, -0.15) is 4.98 Å². The van der Waals surface area contributed by atoms with E-state index in [0.29, 0.717) is 0 Å². The van der Waals surface area contributed by atoms with Gasteiger partial charge in [0.1, 0.15) is 6.33 Å². The second-order valence-corrected chi connectivity index (χ2v) is 1.89. The average molecular weight is 152 g/mol. The molecule has 7 heteroatoms. The second-order valence-electron chi connectivity index (χ2n) is 1.89. The number of aromatic amines is 1. The van der Waals surface area contributed by atoms with Gasteiger partial charge in [-0.1, -0.05) is 0 Å². The van der Waals surface area contributed by atoms with Crippen LogP contribution in [0.25, 0.3) is 5.78 Å². The van der Waals surface area contributed by atoms with Crippen LogP contribution in [-0.4, -0.2) is 24.6 Å². The Morgan fingerprint density at radius 2 is 2.45 bits per heavy atom. The van der Waals surface area contributed by atoms with E-state index >= 15 is 0 Å². The van der Waals surface area contributed by atoms with Gasteiger partial charge < -0.3 is 5.73 Å². The second kappa shape index (κ2) is 1.78. The third-order valence-electron chi connectivity index (χ3n) is 1.17. The average Bonchev–Trinajstić information content (AvgIpc) is 2.31. The van der Waals surface area contributed by atoms with Crippen molar-refractivity contribution in [3.8, 4) is 0 Å². The number of hydrogen-bond donors (Lipinski definition) is 2. The lowest BCUT2D eigenvalue weighted by Crippen LogP contribution is -2.17. The number of hydrogen-bond acceptors (Lipinski definition) is 5. The van der Waals surface area contributed by atoms with E-state index in [1.165, 1.54) is 6.33 Å². The molecule has 7 nitrogen and oxygen atoms in total. The van der Waals surface area contributed by atoms with E-state index in [-0.39, 0.29) is 11.7 Å². The van der Waals surface area contributed by atoms with Crippen molar-refractivity contribution in [3.63, 3.8) is 0 Å². The summed E-state index contributed by atoms with van der Waals surface area (Å²) in [5.74, 6) is 0.237. The molecular formula is C4H4N6O. The molecule has 2 aromatic heterocycles. The van der Waals surface area contributed by atoms with Crippen LogP contribution in [0.4, 0.5) is 5.95 Å². The van der Waals surface area contributed by atoms with Gasteiger partial charge in [0.25, 0.3) is 5.78 Å². The highest BCUT2D eigenvalue weighted by atomic mass is 16.1. The lowest BCUT2D eigenvalue weighted by molar-refractivity contribution is 0.842. The van der Waals surface area contributed by atoms with Gasteiger partial charge in [0.15, 0.2) is 0 Å². The summed E-state index contributed by atoms with van der Waals surface area (Å²) in [6.07, 6.45) is 1.24. The molecule has 0 unspecified atom stereocenters. The summed E-state index contributed by atoms with van der Waals surface area (Å²) in [6, 6.07) is 0. The van der Waals surface area contributed by atoms with Gasteiger partial charge >= 0.3 is 5.69 Å². The maximum Gasteiger partial charge on any atom is 0.350 e. The topological polar surface area (TPSA) is 102 Å². The van der Waals surface area contributed by atoms with Crippen molar-refractivity contribution in [2.45, 2.75) is 0 Å². The third kappa shape index (κ3) is 0.741. The van der Waals surface area contributed by atoms with E-state index in [2.05, 4.69) is 20.1 Å². The van der Waals surface area contributed by atoms with E-state index < -0.39 is 5.69 Å². The minimum Gasteiger partial charge on any atom is -0.366 e. The molecule has 0 radical (unpaired) electrons. The summed E-state index contributed by atoms with van der Waals surface area (Å²) in [7, 11) is 0. The molecule has 0 aliphatic heterocycles. The van der Waals surface area contributed by atoms with Crippen molar-refractivity contribution in [2.75, 3.05) is 5.73 Å². The zero-order valence-electron chi connectivity index (χ0n) is 5.35. The first-order chi connectivity index (χ1) is 5.27. The Kier molecular flexibility index (Phi) is 0.945. The normalized spacial score (nSPS) is 10.5. The van der Waals surface area contributed by atoms with Crippen LogP contribution in [0.1, 0.15) is 0 Å². The fraction of sp³-hybridized carbons (Fsp3) is 0. The maximum atomic E-state index is 10.9. The number of H-pyrrole nitrogens is 1. The molecule has 2 aromatic rings. The van der Waals surface area contributed by atoms with E-state index in [4.69, 9.17) is 5.73 Å². The molecule has 0 spiro atoms. The first kappa shape index (κ1) is 5.83. The van der Waals surface area contributed by atoms with Gasteiger partial charge in [0.2, 0.25) is 5.95 Å². The molecule has 0 saturated heterocycles. The monoisotopic (exact) mass is 152 g/mol. The molecule has 2 heterocycles. The summed E-state index contributed by atoms with van der Waals surface area (Å²) in [5.41, 5.74) is 4.82. The van der Waals surface area contributed by atoms with Crippen LogP contribution < -0.4 is 11.4 Å². The number of anilines is 1. The summed E-state index contributed by atoms with van der Waals surface area (Å²) >= 11 is 0. The fourth-order valence-electron chi connectivity index (χ4n) is 0.746. The van der Waals surface area contributed by atoms with E-state index in [0.717, 1.165) is 4.52 Å². The minimum absolute atomic E-state index is 0.0363. The zero-order chi connectivity index (χ0) is 7.84. The number of fused-ring (bicyclic) bond motifs is 1. The highest BCUT2D eigenvalue weighted by molar-refractivity contribution is 5.31. The van der Waals surface area contributed by atoms with Crippen LogP contribution in [-0.2, 0) is 0 Å². The maximum absolute atomic E-state index is 10.9. The van der Waals surface area contributed by atoms with Gasteiger partial charge in [-0.15, -0.1) is 9.61 Å². The Morgan fingerprint density at radius 3 is 3.18 bits per heavy atom. The van der Waals surface area contributed by atoms with Crippen molar-refractivity contribution in [1.82, 2.24) is 24.6 Å². The summed E-state index contributed by atoms with van der Waals surface area (Å²) in [4.78, 5) is 20.6.